The van der Waals surface area contributed by atoms with E-state index in [9.17, 15) is 0 Å². The topological polar surface area (TPSA) is 12.7 Å². The highest BCUT2D eigenvalue weighted by Crippen LogP contribution is 2.59. The first-order valence-corrected chi connectivity index (χ1v) is 12.4. The van der Waals surface area contributed by atoms with E-state index in [1.54, 1.807) is 0 Å². The van der Waals surface area contributed by atoms with Gasteiger partial charge >= 0.3 is 0 Å². The zero-order chi connectivity index (χ0) is 23.1. The second-order valence-corrected chi connectivity index (χ2v) is 9.70. The van der Waals surface area contributed by atoms with Gasteiger partial charge in [0.25, 0.3) is 11.4 Å². The molecule has 1 spiro atoms. The van der Waals surface area contributed by atoms with Crippen LogP contribution in [0.2, 0.25) is 0 Å². The molecule has 3 heteroatoms. The summed E-state index contributed by atoms with van der Waals surface area (Å²) in [5.41, 5.74) is 8.80. The van der Waals surface area contributed by atoms with Gasteiger partial charge in [-0.25, -0.2) is 9.13 Å². The number of hydrogen-bond acceptors (Lipinski definition) is 0. The first-order valence-electron chi connectivity index (χ1n) is 12.4. The van der Waals surface area contributed by atoms with Crippen molar-refractivity contribution in [2.75, 3.05) is 0 Å². The fourth-order valence-corrected chi connectivity index (χ4v) is 7.39. The van der Waals surface area contributed by atoms with E-state index >= 15 is 0 Å². The molecular weight excluding hydrogens is 414 g/mol. The van der Waals surface area contributed by atoms with Crippen molar-refractivity contribution in [1.82, 2.24) is 4.57 Å². The van der Waals surface area contributed by atoms with Crippen molar-refractivity contribution < 1.29 is 9.13 Å². The molecule has 0 saturated heterocycles. The van der Waals surface area contributed by atoms with Gasteiger partial charge in [0, 0.05) is 23.3 Å². The molecule has 1 atom stereocenters. The van der Waals surface area contributed by atoms with Crippen molar-refractivity contribution in [2.24, 2.45) is 7.05 Å². The molecule has 0 saturated carbocycles. The van der Waals surface area contributed by atoms with Crippen molar-refractivity contribution in [3.8, 4) is 22.6 Å². The summed E-state index contributed by atoms with van der Waals surface area (Å²) in [6.07, 6.45) is 4.33. The molecule has 34 heavy (non-hydrogen) atoms. The Morgan fingerprint density at radius 3 is 2.09 bits per heavy atom. The summed E-state index contributed by atoms with van der Waals surface area (Å²) in [4.78, 5) is 0. The monoisotopic (exact) mass is 443 g/mol. The minimum absolute atomic E-state index is 0.190. The second-order valence-electron chi connectivity index (χ2n) is 9.70. The van der Waals surface area contributed by atoms with Crippen molar-refractivity contribution in [3.63, 3.8) is 0 Å². The molecule has 0 bridgehead atoms. The van der Waals surface area contributed by atoms with E-state index in [-0.39, 0.29) is 11.1 Å². The Morgan fingerprint density at radius 2 is 1.32 bits per heavy atom. The summed E-state index contributed by atoms with van der Waals surface area (Å²) < 4.78 is 7.68. The van der Waals surface area contributed by atoms with Crippen LogP contribution in [0.3, 0.4) is 0 Å². The van der Waals surface area contributed by atoms with Gasteiger partial charge in [-0.05, 0) is 43.2 Å². The molecule has 2 aromatic heterocycles. The van der Waals surface area contributed by atoms with Crippen LogP contribution in [-0.4, -0.2) is 4.57 Å². The van der Waals surface area contributed by atoms with Crippen LogP contribution < -0.4 is 9.13 Å². The van der Waals surface area contributed by atoms with Gasteiger partial charge in [0.1, 0.15) is 0 Å². The number of pyridine rings is 1. The lowest BCUT2D eigenvalue weighted by Crippen LogP contribution is -2.70. The zero-order valence-corrected chi connectivity index (χ0v) is 20.0. The number of nitrogens with zero attached hydrogens (tertiary/aromatic N) is 3. The van der Waals surface area contributed by atoms with Gasteiger partial charge < -0.3 is 0 Å². The average Bonchev–Trinajstić information content (AvgIpc) is 3.37. The molecule has 4 heterocycles. The lowest BCUT2D eigenvalue weighted by molar-refractivity contribution is -0.743. The van der Waals surface area contributed by atoms with E-state index < -0.39 is 0 Å². The third-order valence-electron chi connectivity index (χ3n) is 8.66. The largest absolute Gasteiger partial charge is 0.290 e. The summed E-state index contributed by atoms with van der Waals surface area (Å²) in [5.74, 6) is 1.30. The fraction of sp³-hybridized carbons (Fsp3) is 0.226. The van der Waals surface area contributed by atoms with Gasteiger partial charge in [-0.3, -0.25) is 0 Å². The number of para-hydroxylation sites is 2. The molecule has 0 fully saturated rings. The summed E-state index contributed by atoms with van der Waals surface area (Å²) >= 11 is 0. The maximum atomic E-state index is 2.69. The number of imidazole rings is 1. The first-order chi connectivity index (χ1) is 16.7. The van der Waals surface area contributed by atoms with Gasteiger partial charge in [0.05, 0.1) is 18.2 Å². The minimum Gasteiger partial charge on any atom is -0.226 e. The summed E-state index contributed by atoms with van der Waals surface area (Å²) in [6, 6.07) is 33.7. The van der Waals surface area contributed by atoms with Crippen LogP contribution in [0.15, 0.2) is 97.2 Å². The van der Waals surface area contributed by atoms with Gasteiger partial charge in [0.2, 0.25) is 5.69 Å². The predicted octanol–water partition coefficient (Wildman–Crippen LogP) is 5.72. The highest BCUT2D eigenvalue weighted by molar-refractivity contribution is 5.81. The Kier molecular flexibility index (Phi) is 3.87. The maximum absolute atomic E-state index is 2.69. The Bertz CT molecular complexity index is 1560. The average molecular weight is 444 g/mol. The molecular formula is C31H29N3+2. The van der Waals surface area contributed by atoms with Crippen molar-refractivity contribution in [1.29, 1.82) is 0 Å². The molecule has 5 aromatic rings. The van der Waals surface area contributed by atoms with Crippen LogP contribution in [0.4, 0.5) is 0 Å². The molecule has 0 aliphatic carbocycles. The number of aryl methyl sites for hydroxylation is 1. The number of hydrogen-bond donors (Lipinski definition) is 0. The Labute approximate surface area is 200 Å². The number of rotatable bonds is 2. The Hall–Kier alpha value is -3.72. The summed E-state index contributed by atoms with van der Waals surface area (Å²) in [6.45, 7) is 4.75. The molecule has 0 amide bonds. The van der Waals surface area contributed by atoms with E-state index in [4.69, 9.17) is 0 Å². The number of benzene rings is 3. The van der Waals surface area contributed by atoms with Gasteiger partial charge in [-0.2, -0.15) is 4.57 Å². The quantitative estimate of drug-likeness (QED) is 0.310. The first kappa shape index (κ1) is 19.7. The van der Waals surface area contributed by atoms with Crippen LogP contribution >= 0.6 is 0 Å². The van der Waals surface area contributed by atoms with E-state index in [0.29, 0.717) is 0 Å². The molecule has 3 nitrogen and oxygen atoms in total. The minimum atomic E-state index is -0.345. The van der Waals surface area contributed by atoms with Gasteiger partial charge in [-0.15, -0.1) is 0 Å². The highest BCUT2D eigenvalue weighted by Gasteiger charge is 2.71. The SMILES string of the molecule is CCC1(CC)n2c([n+](C)c3ccccc32)-c2ccccc2C12c1ccccc1-c1cccc[n+]12. The fourth-order valence-electron chi connectivity index (χ4n) is 7.39. The van der Waals surface area contributed by atoms with Crippen LogP contribution in [0.1, 0.15) is 37.8 Å². The smallest absolute Gasteiger partial charge is 0.226 e. The molecule has 2 aliphatic rings. The van der Waals surface area contributed by atoms with Crippen molar-refractivity contribution in [2.45, 2.75) is 37.8 Å². The lowest BCUT2D eigenvalue weighted by Gasteiger charge is -2.45. The molecule has 3 aromatic carbocycles. The van der Waals surface area contributed by atoms with Crippen LogP contribution in [0.25, 0.3) is 33.7 Å². The normalized spacial score (nSPS) is 19.0. The second kappa shape index (κ2) is 6.66. The van der Waals surface area contributed by atoms with E-state index in [2.05, 4.69) is 132 Å². The predicted molar refractivity (Wildman–Crippen MR) is 135 cm³/mol. The Balaban J connectivity index is 1.79. The van der Waals surface area contributed by atoms with E-state index in [1.807, 2.05) is 0 Å². The number of fused-ring (bicyclic) bond motifs is 11. The van der Waals surface area contributed by atoms with E-state index in [1.165, 1.54) is 44.8 Å². The molecule has 2 aliphatic heterocycles. The summed E-state index contributed by atoms with van der Waals surface area (Å²) in [7, 11) is 2.22. The standard InChI is InChI=1S/C31H29N3/c1-4-30(5-2)31(24-16-8-6-14-22(24)26-18-12-13-21-33(26)31)25-17-9-7-15-23(25)29-32(3)27-19-10-11-20-28(27)34(29)30/h6-21H,4-5H2,1-3H3/q+2. The highest BCUT2D eigenvalue weighted by atomic mass is 15.3. The molecule has 0 N–H and O–H groups in total. The molecule has 0 radical (unpaired) electrons. The van der Waals surface area contributed by atoms with E-state index in [0.717, 1.165) is 12.8 Å². The molecule has 1 unspecified atom stereocenters. The van der Waals surface area contributed by atoms with Crippen molar-refractivity contribution >= 4 is 11.0 Å². The Morgan fingerprint density at radius 1 is 0.706 bits per heavy atom. The molecule has 7 rings (SSSR count). The van der Waals surface area contributed by atoms with Gasteiger partial charge in [0.15, 0.2) is 22.8 Å². The van der Waals surface area contributed by atoms with Crippen LogP contribution in [0.5, 0.6) is 0 Å². The maximum Gasteiger partial charge on any atom is 0.290 e. The summed E-state index contributed by atoms with van der Waals surface area (Å²) in [5, 5.41) is 0. The van der Waals surface area contributed by atoms with Crippen LogP contribution in [0, 0.1) is 0 Å². The number of aromatic nitrogens is 3. The van der Waals surface area contributed by atoms with Crippen LogP contribution in [-0.2, 0) is 18.1 Å². The third kappa shape index (κ3) is 1.97. The van der Waals surface area contributed by atoms with Crippen molar-refractivity contribution in [3.05, 3.63) is 108 Å². The zero-order valence-electron chi connectivity index (χ0n) is 20.0. The lowest BCUT2D eigenvalue weighted by atomic mass is 9.62. The van der Waals surface area contributed by atoms with Gasteiger partial charge in [-0.1, -0.05) is 62.4 Å². The molecule has 166 valence electrons. The third-order valence-corrected chi connectivity index (χ3v) is 8.66.